The Balaban J connectivity index is 1.06. The molecule has 6 rings (SSSR count). The van der Waals surface area contributed by atoms with Gasteiger partial charge in [-0.15, -0.1) is 0 Å². The number of nitrogen functional groups attached to an aromatic ring is 2. The van der Waals surface area contributed by atoms with Crippen molar-refractivity contribution in [1.82, 2.24) is 34.1 Å². The fourth-order valence-corrected chi connectivity index (χ4v) is 9.19. The first-order valence-corrected chi connectivity index (χ1v) is 19.2. The normalized spacial score (nSPS) is 29.7. The highest BCUT2D eigenvalue weighted by Crippen LogP contribution is 2.67. The fraction of sp³-hybridized carbons (Fsp3) is 0.545. The predicted octanol–water partition coefficient (Wildman–Crippen LogP) is -4.11. The molecule has 0 radical (unpaired) electrons. The zero-order valence-electron chi connectivity index (χ0n) is 26.9. The predicted molar refractivity (Wildman–Crippen MR) is 165 cm³/mol. The third-order valence-corrected chi connectivity index (χ3v) is 12.1. The lowest BCUT2D eigenvalue weighted by Crippen LogP contribution is -2.46. The zero-order chi connectivity index (χ0) is 38.8. The van der Waals surface area contributed by atoms with Gasteiger partial charge in [0.1, 0.15) is 36.6 Å². The van der Waals surface area contributed by atoms with Gasteiger partial charge in [-0.25, -0.2) is 28.2 Å². The van der Waals surface area contributed by atoms with Crippen molar-refractivity contribution in [2.75, 3.05) is 31.8 Å². The van der Waals surface area contributed by atoms with Gasteiger partial charge in [0.05, 0.1) is 26.6 Å². The molecule has 31 heteroatoms. The summed E-state index contributed by atoms with van der Waals surface area (Å²) in [6, 6.07) is 0. The maximum absolute atomic E-state index is 12.6. The SMILES string of the molecule is CO[C@@H]1C(O)[C@H]([n+]2cn(C)c3c([O-])nc(N)nc32)O[C@@H]1COP(=O)(O)OP(=O)(O)OP(=O)(O)OC[C@H]1O[C@@H](n2cnc3c(=O)[nH]c(N)nc32)[C@@H](O)C1O. The van der Waals surface area contributed by atoms with Crippen LogP contribution in [-0.4, -0.2) is 121 Å². The van der Waals surface area contributed by atoms with Crippen LogP contribution in [0.15, 0.2) is 17.4 Å². The molecule has 5 unspecified atom stereocenters. The number of aliphatic hydroxyl groups is 3. The molecule has 0 aliphatic carbocycles. The number of hydrogen-bond acceptors (Lipinski definition) is 21. The number of H-pyrrole nitrogens is 1. The molecule has 53 heavy (non-hydrogen) atoms. The third-order valence-electron chi connectivity index (χ3n) is 7.88. The quantitative estimate of drug-likeness (QED) is 0.0457. The van der Waals surface area contributed by atoms with Gasteiger partial charge in [-0.05, 0) is 0 Å². The molecule has 2 fully saturated rings. The fourth-order valence-electron chi connectivity index (χ4n) is 5.67. The molecule has 2 aliphatic rings. The Kier molecular flexibility index (Phi) is 10.6. The Hall–Kier alpha value is -3.53. The highest BCUT2D eigenvalue weighted by molar-refractivity contribution is 7.66. The lowest BCUT2D eigenvalue weighted by Gasteiger charge is -2.21. The second kappa shape index (κ2) is 14.3. The monoisotopic (exact) mass is 816 g/mol. The molecule has 2 saturated heterocycles. The van der Waals surface area contributed by atoms with E-state index in [0.29, 0.717) is 0 Å². The molecule has 6 heterocycles. The van der Waals surface area contributed by atoms with E-state index >= 15 is 0 Å². The maximum Gasteiger partial charge on any atom is 0.490 e. The van der Waals surface area contributed by atoms with Crippen molar-refractivity contribution in [2.45, 2.75) is 49.1 Å². The minimum Gasteiger partial charge on any atom is -0.856 e. The number of rotatable bonds is 13. The molecular formula is C22H31N10O18P3. The Morgan fingerprint density at radius 1 is 0.962 bits per heavy atom. The average Bonchev–Trinajstić information content (AvgIpc) is 3.76. The van der Waals surface area contributed by atoms with Gasteiger partial charge < -0.3 is 60.8 Å². The number of hydrogen-bond donors (Lipinski definition) is 9. The lowest BCUT2D eigenvalue weighted by atomic mass is 10.1. The Morgan fingerprint density at radius 3 is 2.25 bits per heavy atom. The van der Waals surface area contributed by atoms with Crippen molar-refractivity contribution in [3.05, 3.63) is 23.0 Å². The molecule has 4 aromatic rings. The van der Waals surface area contributed by atoms with Crippen molar-refractivity contribution in [1.29, 1.82) is 0 Å². The number of nitrogens with two attached hydrogens (primary N) is 2. The van der Waals surface area contributed by atoms with E-state index in [2.05, 4.69) is 38.1 Å². The van der Waals surface area contributed by atoms with E-state index < -0.39 is 97.2 Å². The number of fused-ring (bicyclic) bond motifs is 2. The summed E-state index contributed by atoms with van der Waals surface area (Å²) < 4.78 is 75.2. The summed E-state index contributed by atoms with van der Waals surface area (Å²) in [5.74, 6) is -1.40. The minimum atomic E-state index is -5.98. The highest BCUT2D eigenvalue weighted by Gasteiger charge is 2.50. The molecule has 4 aromatic heterocycles. The summed E-state index contributed by atoms with van der Waals surface area (Å²) in [7, 11) is -14.7. The number of anilines is 2. The summed E-state index contributed by atoms with van der Waals surface area (Å²) in [6.45, 7) is -2.03. The van der Waals surface area contributed by atoms with Crippen molar-refractivity contribution >= 4 is 57.7 Å². The molecule has 0 aromatic carbocycles. The number of nitrogens with one attached hydrogen (secondary N) is 1. The third kappa shape index (κ3) is 7.85. The van der Waals surface area contributed by atoms with Crippen molar-refractivity contribution in [2.24, 2.45) is 7.05 Å². The summed E-state index contributed by atoms with van der Waals surface area (Å²) >= 11 is 0. The van der Waals surface area contributed by atoms with E-state index in [9.17, 15) is 53.6 Å². The Labute approximate surface area is 293 Å². The van der Waals surface area contributed by atoms with E-state index in [-0.39, 0.29) is 34.2 Å². The van der Waals surface area contributed by atoms with E-state index in [1.54, 1.807) is 0 Å². The number of imidazole rings is 2. The van der Waals surface area contributed by atoms with Gasteiger partial charge in [0.15, 0.2) is 29.2 Å². The van der Waals surface area contributed by atoms with Gasteiger partial charge in [-0.2, -0.15) is 13.6 Å². The van der Waals surface area contributed by atoms with Crippen molar-refractivity contribution < 1.29 is 85.2 Å². The van der Waals surface area contributed by atoms with Crippen LogP contribution in [0.1, 0.15) is 12.5 Å². The van der Waals surface area contributed by atoms with Crippen LogP contribution in [0.25, 0.3) is 22.3 Å². The van der Waals surface area contributed by atoms with Crippen LogP contribution < -0.4 is 26.7 Å². The van der Waals surface area contributed by atoms with Crippen molar-refractivity contribution in [3.8, 4) is 5.88 Å². The van der Waals surface area contributed by atoms with E-state index in [0.717, 1.165) is 18.0 Å². The molecule has 2 aliphatic heterocycles. The van der Waals surface area contributed by atoms with Crippen LogP contribution >= 0.6 is 23.5 Å². The number of nitrogens with zero attached hydrogens (tertiary/aromatic N) is 7. The number of aliphatic hydroxyl groups excluding tert-OH is 3. The standard InChI is InChI=1S/C22H31N10O18P3/c1-30-6-32(16-10(30)18(37)29-22(24)27-16)20-13(35)14(44-2)8(48-20)4-46-52(40,41)50-53(42,43)49-51(38,39)45-3-7-11(33)12(34)19(47-7)31-5-25-9-15(31)26-21(23)28-17(9)36/h5-8,11-14,19-20,33-35H,3-4H2,1-2H3,(H8-,23,24,26,27,28,29,36,37,38,39,40,41,42,43)/t7-,8-,11?,12+,13?,14+,19-,20-/m1/s1. The van der Waals surface area contributed by atoms with Crippen molar-refractivity contribution in [3.63, 3.8) is 0 Å². The molecule has 0 saturated carbocycles. The molecule has 11 N–H and O–H groups in total. The molecule has 292 valence electrons. The number of methoxy groups -OCH3 is 1. The van der Waals surface area contributed by atoms with Crippen LogP contribution in [0.4, 0.5) is 11.9 Å². The smallest absolute Gasteiger partial charge is 0.490 e. The second-order valence-corrected chi connectivity index (χ2v) is 16.1. The number of phosphoric ester groups is 2. The number of phosphoric acid groups is 3. The summed E-state index contributed by atoms with van der Waals surface area (Å²) in [5.41, 5.74) is 10.1. The summed E-state index contributed by atoms with van der Waals surface area (Å²) in [6.07, 6.45) is -9.80. The molecular weight excluding hydrogens is 785 g/mol. The van der Waals surface area contributed by atoms with Crippen LogP contribution in [0.3, 0.4) is 0 Å². The van der Waals surface area contributed by atoms with Gasteiger partial charge in [0.2, 0.25) is 12.2 Å². The summed E-state index contributed by atoms with van der Waals surface area (Å²) in [5, 5.41) is 44.2. The second-order valence-electron chi connectivity index (χ2n) is 11.4. The lowest BCUT2D eigenvalue weighted by molar-refractivity contribution is -0.745. The van der Waals surface area contributed by atoms with Gasteiger partial charge in [0, 0.05) is 13.0 Å². The molecule has 0 spiro atoms. The molecule has 0 amide bonds. The number of aromatic amines is 1. The first-order chi connectivity index (χ1) is 24.7. The van der Waals surface area contributed by atoms with E-state index in [4.69, 9.17) is 30.2 Å². The number of ether oxygens (including phenoxy) is 3. The van der Waals surface area contributed by atoms with Gasteiger partial charge in [-0.1, -0.05) is 4.98 Å². The van der Waals surface area contributed by atoms with Gasteiger partial charge in [-0.3, -0.25) is 28.0 Å². The first-order valence-electron chi connectivity index (χ1n) is 14.7. The van der Waals surface area contributed by atoms with E-state index in [1.807, 2.05) is 0 Å². The highest BCUT2D eigenvalue weighted by atomic mass is 31.3. The minimum absolute atomic E-state index is 0.0000824. The molecule has 28 nitrogen and oxygen atoms in total. The average molecular weight is 816 g/mol. The largest absolute Gasteiger partial charge is 0.856 e. The molecule has 0 bridgehead atoms. The number of aryl methyl sites for hydroxylation is 1. The summed E-state index contributed by atoms with van der Waals surface area (Å²) in [4.78, 5) is 59.8. The van der Waals surface area contributed by atoms with E-state index in [1.165, 1.54) is 22.5 Å². The Bertz CT molecular complexity index is 2230. The zero-order valence-corrected chi connectivity index (χ0v) is 29.6. The van der Waals surface area contributed by atoms with Crippen LogP contribution in [0, 0.1) is 0 Å². The molecule has 11 atom stereocenters. The van der Waals surface area contributed by atoms with Crippen LogP contribution in [0.2, 0.25) is 0 Å². The Morgan fingerprint density at radius 2 is 1.60 bits per heavy atom. The topological polar surface area (TPSA) is 410 Å². The van der Waals surface area contributed by atoms with Crippen LogP contribution in [-0.2, 0) is 52.6 Å². The van der Waals surface area contributed by atoms with Gasteiger partial charge >= 0.3 is 29.1 Å². The van der Waals surface area contributed by atoms with Gasteiger partial charge in [0.25, 0.3) is 11.5 Å². The van der Waals surface area contributed by atoms with Crippen LogP contribution in [0.5, 0.6) is 5.88 Å². The number of aromatic nitrogens is 8. The maximum atomic E-state index is 12.6. The first kappa shape index (κ1) is 39.2.